The van der Waals surface area contributed by atoms with Gasteiger partial charge in [0.15, 0.2) is 0 Å². The van der Waals surface area contributed by atoms with Crippen LogP contribution in [0.25, 0.3) is 0 Å². The zero-order chi connectivity index (χ0) is 16.1. The molecule has 0 aliphatic rings. The van der Waals surface area contributed by atoms with Crippen molar-refractivity contribution in [2.45, 2.75) is 31.5 Å². The quantitative estimate of drug-likeness (QED) is 0.672. The average Bonchev–Trinajstić information content (AvgIpc) is 2.37. The number of carbonyl (C=O) groups is 1. The van der Waals surface area contributed by atoms with Gasteiger partial charge >= 0.3 is 6.18 Å². The van der Waals surface area contributed by atoms with Gasteiger partial charge in [-0.3, -0.25) is 4.79 Å². The third-order valence-electron chi connectivity index (χ3n) is 3.06. The van der Waals surface area contributed by atoms with Gasteiger partial charge in [-0.2, -0.15) is 13.2 Å². The number of aliphatic hydroxyl groups is 1. The molecular weight excluding hydrogens is 285 g/mol. The molecule has 21 heavy (non-hydrogen) atoms. The highest BCUT2D eigenvalue weighted by Crippen LogP contribution is 2.31. The van der Waals surface area contributed by atoms with Crippen molar-refractivity contribution in [3.05, 3.63) is 35.4 Å². The topological polar surface area (TPSA) is 75.3 Å². The van der Waals surface area contributed by atoms with Gasteiger partial charge < -0.3 is 16.2 Å². The van der Waals surface area contributed by atoms with Crippen molar-refractivity contribution in [2.24, 2.45) is 5.73 Å². The van der Waals surface area contributed by atoms with E-state index in [-0.39, 0.29) is 18.5 Å². The van der Waals surface area contributed by atoms with E-state index in [0.717, 1.165) is 12.1 Å². The lowest BCUT2D eigenvalue weighted by Crippen LogP contribution is -2.36. The van der Waals surface area contributed by atoms with E-state index in [4.69, 9.17) is 5.73 Å². The molecule has 0 saturated heterocycles. The summed E-state index contributed by atoms with van der Waals surface area (Å²) in [5.74, 6) is -0.415. The molecule has 7 heteroatoms. The van der Waals surface area contributed by atoms with E-state index in [2.05, 4.69) is 5.32 Å². The Morgan fingerprint density at radius 3 is 2.52 bits per heavy atom. The third kappa shape index (κ3) is 5.73. The summed E-state index contributed by atoms with van der Waals surface area (Å²) in [7, 11) is 0. The first-order valence-corrected chi connectivity index (χ1v) is 6.52. The molecule has 0 heterocycles. The number of benzene rings is 1. The molecule has 0 fully saturated rings. The van der Waals surface area contributed by atoms with Gasteiger partial charge in [-0.1, -0.05) is 12.1 Å². The molecule has 1 amide bonds. The fourth-order valence-corrected chi connectivity index (χ4v) is 1.85. The largest absolute Gasteiger partial charge is 0.416 e. The zero-order valence-electron chi connectivity index (χ0n) is 11.7. The maximum atomic E-state index is 12.6. The Kier molecular flexibility index (Phi) is 5.74. The Bertz CT molecular complexity index is 487. The van der Waals surface area contributed by atoms with Crippen LogP contribution < -0.4 is 11.1 Å². The molecule has 0 radical (unpaired) electrons. The SMILES string of the molecule is CC(O)(CNCCCC(N)=O)c1cccc(C(F)(F)F)c1. The van der Waals surface area contributed by atoms with Crippen molar-refractivity contribution in [3.63, 3.8) is 0 Å². The van der Waals surface area contributed by atoms with Gasteiger partial charge in [0.2, 0.25) is 5.91 Å². The Morgan fingerprint density at radius 2 is 1.95 bits per heavy atom. The van der Waals surface area contributed by atoms with Gasteiger partial charge in [0, 0.05) is 13.0 Å². The fourth-order valence-electron chi connectivity index (χ4n) is 1.85. The molecule has 4 N–H and O–H groups in total. The molecule has 0 saturated carbocycles. The van der Waals surface area contributed by atoms with E-state index in [0.29, 0.717) is 13.0 Å². The predicted octanol–water partition coefficient (Wildman–Crippen LogP) is 1.77. The van der Waals surface area contributed by atoms with Crippen LogP contribution in [0.3, 0.4) is 0 Å². The number of hydrogen-bond donors (Lipinski definition) is 3. The average molecular weight is 304 g/mol. The minimum atomic E-state index is -4.44. The van der Waals surface area contributed by atoms with Crippen LogP contribution >= 0.6 is 0 Å². The van der Waals surface area contributed by atoms with Crippen LogP contribution in [0.1, 0.15) is 30.9 Å². The maximum absolute atomic E-state index is 12.6. The van der Waals surface area contributed by atoms with Crippen LogP contribution in [0.2, 0.25) is 0 Å². The summed E-state index contributed by atoms with van der Waals surface area (Å²) in [5.41, 5.74) is 2.93. The molecule has 1 atom stereocenters. The summed E-state index contributed by atoms with van der Waals surface area (Å²) >= 11 is 0. The second-order valence-corrected chi connectivity index (χ2v) is 5.10. The lowest BCUT2D eigenvalue weighted by molar-refractivity contribution is -0.137. The smallest absolute Gasteiger partial charge is 0.384 e. The van der Waals surface area contributed by atoms with E-state index < -0.39 is 23.2 Å². The molecule has 1 unspecified atom stereocenters. The summed E-state index contributed by atoms with van der Waals surface area (Å²) in [6.07, 6.45) is -3.71. The van der Waals surface area contributed by atoms with E-state index in [1.54, 1.807) is 0 Å². The lowest BCUT2D eigenvalue weighted by atomic mass is 9.94. The van der Waals surface area contributed by atoms with Crippen molar-refractivity contribution >= 4 is 5.91 Å². The molecule has 0 aliphatic heterocycles. The molecule has 0 bridgehead atoms. The molecule has 0 aliphatic carbocycles. The second-order valence-electron chi connectivity index (χ2n) is 5.10. The molecule has 1 aromatic carbocycles. The number of halogens is 3. The highest BCUT2D eigenvalue weighted by molar-refractivity contribution is 5.73. The maximum Gasteiger partial charge on any atom is 0.416 e. The Labute approximate surface area is 121 Å². The number of primary amides is 1. The molecular formula is C14H19F3N2O2. The van der Waals surface area contributed by atoms with E-state index in [1.807, 2.05) is 0 Å². The highest BCUT2D eigenvalue weighted by atomic mass is 19.4. The van der Waals surface area contributed by atoms with Crippen LogP contribution in [0, 0.1) is 0 Å². The van der Waals surface area contributed by atoms with E-state index in [9.17, 15) is 23.1 Å². The van der Waals surface area contributed by atoms with E-state index in [1.165, 1.54) is 19.1 Å². The second kappa shape index (κ2) is 6.91. The molecule has 0 spiro atoms. The number of hydrogen-bond acceptors (Lipinski definition) is 3. The first-order valence-electron chi connectivity index (χ1n) is 6.52. The van der Waals surface area contributed by atoms with Crippen LogP contribution in [0.5, 0.6) is 0 Å². The highest BCUT2D eigenvalue weighted by Gasteiger charge is 2.32. The fraction of sp³-hybridized carbons (Fsp3) is 0.500. The standard InChI is InChI=1S/C14H19F3N2O2/c1-13(21,9-19-7-3-6-12(18)20)10-4-2-5-11(8-10)14(15,16)17/h2,4-5,8,19,21H,3,6-7,9H2,1H3,(H2,18,20). The van der Waals surface area contributed by atoms with Crippen molar-refractivity contribution in [3.8, 4) is 0 Å². The zero-order valence-corrected chi connectivity index (χ0v) is 11.7. The van der Waals surface area contributed by atoms with Gasteiger partial charge in [-0.05, 0) is 37.6 Å². The van der Waals surface area contributed by atoms with Crippen LogP contribution in [-0.4, -0.2) is 24.1 Å². The Balaban J connectivity index is 2.63. The minimum absolute atomic E-state index is 0.0765. The summed E-state index contributed by atoms with van der Waals surface area (Å²) in [4.78, 5) is 10.6. The summed E-state index contributed by atoms with van der Waals surface area (Å²) in [5, 5.41) is 13.2. The van der Waals surface area contributed by atoms with Crippen LogP contribution in [-0.2, 0) is 16.6 Å². The predicted molar refractivity (Wildman–Crippen MR) is 72.3 cm³/mol. The van der Waals surface area contributed by atoms with Gasteiger partial charge in [-0.15, -0.1) is 0 Å². The number of amides is 1. The number of rotatable bonds is 7. The van der Waals surface area contributed by atoms with Gasteiger partial charge in [0.1, 0.15) is 0 Å². The lowest BCUT2D eigenvalue weighted by Gasteiger charge is -2.25. The van der Waals surface area contributed by atoms with Gasteiger partial charge in [0.25, 0.3) is 0 Å². The van der Waals surface area contributed by atoms with Crippen LogP contribution in [0.15, 0.2) is 24.3 Å². The summed E-state index contributed by atoms with van der Waals surface area (Å²) in [6, 6.07) is 4.60. The Hall–Kier alpha value is -1.60. The minimum Gasteiger partial charge on any atom is -0.384 e. The van der Waals surface area contributed by atoms with Crippen LogP contribution in [0.4, 0.5) is 13.2 Å². The Morgan fingerprint density at radius 1 is 1.33 bits per heavy atom. The third-order valence-corrected chi connectivity index (χ3v) is 3.06. The van der Waals surface area contributed by atoms with Crippen molar-refractivity contribution in [2.75, 3.05) is 13.1 Å². The molecule has 0 aromatic heterocycles. The molecule has 1 aromatic rings. The number of nitrogens with two attached hydrogens (primary N) is 1. The summed E-state index contributed by atoms with van der Waals surface area (Å²) in [6.45, 7) is 1.95. The van der Waals surface area contributed by atoms with E-state index >= 15 is 0 Å². The molecule has 4 nitrogen and oxygen atoms in total. The molecule has 1 rings (SSSR count). The summed E-state index contributed by atoms with van der Waals surface area (Å²) < 4.78 is 37.9. The first kappa shape index (κ1) is 17.5. The van der Waals surface area contributed by atoms with Crippen molar-refractivity contribution < 1.29 is 23.1 Å². The normalized spacial score (nSPS) is 14.7. The monoisotopic (exact) mass is 304 g/mol. The van der Waals surface area contributed by atoms with Crippen molar-refractivity contribution in [1.29, 1.82) is 0 Å². The van der Waals surface area contributed by atoms with Gasteiger partial charge in [-0.25, -0.2) is 0 Å². The number of alkyl halides is 3. The number of carbonyl (C=O) groups excluding carboxylic acids is 1. The number of nitrogens with one attached hydrogen (secondary N) is 1. The van der Waals surface area contributed by atoms with Crippen molar-refractivity contribution in [1.82, 2.24) is 5.32 Å². The molecule has 118 valence electrons. The van der Waals surface area contributed by atoms with Gasteiger partial charge in [0.05, 0.1) is 11.2 Å². The first-order chi connectivity index (χ1) is 9.63.